The van der Waals surface area contributed by atoms with E-state index in [1.807, 2.05) is 0 Å². The molecule has 0 radical (unpaired) electrons. The van der Waals surface area contributed by atoms with Gasteiger partial charge in [0, 0.05) is 13.2 Å². The van der Waals surface area contributed by atoms with Crippen molar-refractivity contribution < 1.29 is 23.6 Å². The van der Waals surface area contributed by atoms with Crippen molar-refractivity contribution in [3.63, 3.8) is 0 Å². The molecule has 0 unspecified atom stereocenters. The molecule has 0 spiro atoms. The summed E-state index contributed by atoms with van der Waals surface area (Å²) in [5.74, 6) is -3.24. The third-order valence-electron chi connectivity index (χ3n) is 2.60. The summed E-state index contributed by atoms with van der Waals surface area (Å²) in [4.78, 5) is 20.9. The predicted molar refractivity (Wildman–Crippen MR) is 66.3 cm³/mol. The average molecular weight is 288 g/mol. The van der Waals surface area contributed by atoms with Gasteiger partial charge in [-0.15, -0.1) is 0 Å². The number of hydrogen-bond donors (Lipinski definition) is 2. The molecule has 20 heavy (non-hydrogen) atoms. The Hall–Kier alpha value is -2.09. The third kappa shape index (κ3) is 4.23. The van der Waals surface area contributed by atoms with Gasteiger partial charge in [0.2, 0.25) is 5.82 Å². The van der Waals surface area contributed by atoms with Crippen molar-refractivity contribution in [2.24, 2.45) is 0 Å². The maximum Gasteiger partial charge on any atom is 0.307 e. The Morgan fingerprint density at radius 2 is 1.95 bits per heavy atom. The van der Waals surface area contributed by atoms with Gasteiger partial charge in [0.15, 0.2) is 0 Å². The summed E-state index contributed by atoms with van der Waals surface area (Å²) in [7, 11) is 0. The molecule has 110 valence electrons. The van der Waals surface area contributed by atoms with Gasteiger partial charge in [-0.05, 0) is 25.3 Å². The Morgan fingerprint density at radius 1 is 1.25 bits per heavy atom. The van der Waals surface area contributed by atoms with Gasteiger partial charge in [-0.1, -0.05) is 0 Å². The molecule has 0 aliphatic heterocycles. The zero-order chi connectivity index (χ0) is 15.1. The molecule has 0 bridgehead atoms. The topological polar surface area (TPSA) is 92.5 Å². The van der Waals surface area contributed by atoms with Crippen LogP contribution in [0.3, 0.4) is 0 Å². The fraction of sp³-hybridized carbons (Fsp3) is 0.417. The van der Waals surface area contributed by atoms with E-state index in [2.05, 4.69) is 5.32 Å². The van der Waals surface area contributed by atoms with Crippen molar-refractivity contribution in [2.75, 3.05) is 13.2 Å². The second-order valence-corrected chi connectivity index (χ2v) is 4.08. The highest BCUT2D eigenvalue weighted by Gasteiger charge is 2.21. The minimum atomic E-state index is -1.26. The molecule has 1 aromatic carbocycles. The average Bonchev–Trinajstić information content (AvgIpc) is 2.40. The lowest BCUT2D eigenvalue weighted by atomic mass is 10.1. The maximum atomic E-state index is 13.5. The van der Waals surface area contributed by atoms with Gasteiger partial charge < -0.3 is 10.4 Å². The molecule has 0 aliphatic rings. The van der Waals surface area contributed by atoms with Crippen LogP contribution in [0.1, 0.15) is 29.6 Å². The molecule has 0 heterocycles. The number of nitro benzene ring substituents is 1. The third-order valence-corrected chi connectivity index (χ3v) is 2.60. The van der Waals surface area contributed by atoms with Crippen molar-refractivity contribution in [3.05, 3.63) is 39.4 Å². The van der Waals surface area contributed by atoms with Crippen LogP contribution >= 0.6 is 0 Å². The fourth-order valence-corrected chi connectivity index (χ4v) is 1.56. The van der Waals surface area contributed by atoms with E-state index < -0.39 is 33.7 Å². The summed E-state index contributed by atoms with van der Waals surface area (Å²) < 4.78 is 26.8. The molecular weight excluding hydrogens is 274 g/mol. The number of unbranched alkanes of at least 4 members (excludes halogenated alkanes) is 2. The van der Waals surface area contributed by atoms with Gasteiger partial charge in [-0.3, -0.25) is 14.9 Å². The Kier molecular flexibility index (Phi) is 5.98. The first-order valence-corrected chi connectivity index (χ1v) is 6.00. The van der Waals surface area contributed by atoms with E-state index in [-0.39, 0.29) is 13.2 Å². The van der Waals surface area contributed by atoms with Gasteiger partial charge in [0.25, 0.3) is 5.91 Å². The zero-order valence-electron chi connectivity index (χ0n) is 10.6. The highest BCUT2D eigenvalue weighted by molar-refractivity contribution is 5.94. The number of halogens is 2. The lowest BCUT2D eigenvalue weighted by molar-refractivity contribution is -0.387. The van der Waals surface area contributed by atoms with Crippen molar-refractivity contribution in [2.45, 2.75) is 19.3 Å². The number of hydrogen-bond acceptors (Lipinski definition) is 4. The summed E-state index contributed by atoms with van der Waals surface area (Å²) in [6, 6.07) is 0.895. The summed E-state index contributed by atoms with van der Waals surface area (Å²) in [5.41, 5.74) is -1.59. The maximum absolute atomic E-state index is 13.5. The van der Waals surface area contributed by atoms with Crippen LogP contribution < -0.4 is 5.32 Å². The largest absolute Gasteiger partial charge is 0.396 e. The van der Waals surface area contributed by atoms with E-state index in [0.29, 0.717) is 31.4 Å². The molecule has 6 nitrogen and oxygen atoms in total. The Balaban J connectivity index is 2.69. The van der Waals surface area contributed by atoms with E-state index in [9.17, 15) is 23.7 Å². The Morgan fingerprint density at radius 3 is 2.55 bits per heavy atom. The number of nitro groups is 1. The first kappa shape index (κ1) is 16.0. The van der Waals surface area contributed by atoms with E-state index >= 15 is 0 Å². The number of amides is 1. The quantitative estimate of drug-likeness (QED) is 0.454. The summed E-state index contributed by atoms with van der Waals surface area (Å²) in [6.45, 7) is 0.299. The molecule has 2 N–H and O–H groups in total. The molecular formula is C12H14F2N2O4. The number of aliphatic hydroxyl groups is 1. The first-order chi connectivity index (χ1) is 9.47. The second-order valence-electron chi connectivity index (χ2n) is 4.08. The van der Waals surface area contributed by atoms with Crippen LogP contribution in [0.5, 0.6) is 0 Å². The Bertz CT molecular complexity index is 508. The van der Waals surface area contributed by atoms with Gasteiger partial charge in [0.1, 0.15) is 5.82 Å². The smallest absolute Gasteiger partial charge is 0.307 e. The van der Waals surface area contributed by atoms with E-state index in [0.717, 1.165) is 0 Å². The van der Waals surface area contributed by atoms with Crippen LogP contribution in [0.25, 0.3) is 0 Å². The van der Waals surface area contributed by atoms with Crippen molar-refractivity contribution in [3.8, 4) is 0 Å². The highest BCUT2D eigenvalue weighted by Crippen LogP contribution is 2.21. The van der Waals surface area contributed by atoms with Gasteiger partial charge in [-0.25, -0.2) is 4.39 Å². The number of aliphatic hydroxyl groups excluding tert-OH is 1. The van der Waals surface area contributed by atoms with Gasteiger partial charge in [-0.2, -0.15) is 4.39 Å². The molecule has 0 aliphatic carbocycles. The van der Waals surface area contributed by atoms with Crippen LogP contribution in [0.2, 0.25) is 0 Å². The minimum Gasteiger partial charge on any atom is -0.396 e. The fourth-order valence-electron chi connectivity index (χ4n) is 1.56. The molecule has 8 heteroatoms. The van der Waals surface area contributed by atoms with E-state index in [1.165, 1.54) is 0 Å². The number of carbonyl (C=O) groups is 1. The molecule has 0 saturated heterocycles. The first-order valence-electron chi connectivity index (χ1n) is 6.00. The molecule has 1 amide bonds. The van der Waals surface area contributed by atoms with Crippen molar-refractivity contribution in [1.29, 1.82) is 0 Å². The molecule has 0 fully saturated rings. The number of nitrogens with zero attached hydrogens (tertiary/aromatic N) is 1. The lowest BCUT2D eigenvalue weighted by Crippen LogP contribution is -2.25. The molecule has 1 aromatic rings. The van der Waals surface area contributed by atoms with Crippen LogP contribution in [-0.4, -0.2) is 29.1 Å². The SMILES string of the molecule is O=C(NCCCCCO)c1cc(F)c([N+](=O)[O-])cc1F. The minimum absolute atomic E-state index is 0.0517. The lowest BCUT2D eigenvalue weighted by Gasteiger charge is -2.06. The number of benzene rings is 1. The Labute approximate surface area is 113 Å². The van der Waals surface area contributed by atoms with Gasteiger partial charge in [0.05, 0.1) is 16.6 Å². The summed E-state index contributed by atoms with van der Waals surface area (Å²) in [6.07, 6.45) is 1.87. The standard InChI is InChI=1S/C12H14F2N2O4/c13-9-7-11(16(19)20)10(14)6-8(9)12(18)15-4-2-1-3-5-17/h6-7,17H,1-5H2,(H,15,18). The number of rotatable bonds is 7. The zero-order valence-corrected chi connectivity index (χ0v) is 10.6. The van der Waals surface area contributed by atoms with Crippen molar-refractivity contribution in [1.82, 2.24) is 5.32 Å². The second kappa shape index (κ2) is 7.49. The predicted octanol–water partition coefficient (Wildman–Crippen LogP) is 1.77. The highest BCUT2D eigenvalue weighted by atomic mass is 19.1. The summed E-state index contributed by atoms with van der Waals surface area (Å²) >= 11 is 0. The van der Waals surface area contributed by atoms with Crippen LogP contribution in [0.15, 0.2) is 12.1 Å². The van der Waals surface area contributed by atoms with Crippen LogP contribution in [0.4, 0.5) is 14.5 Å². The monoisotopic (exact) mass is 288 g/mol. The van der Waals surface area contributed by atoms with E-state index in [1.54, 1.807) is 0 Å². The molecule has 0 atom stereocenters. The van der Waals surface area contributed by atoms with E-state index in [4.69, 9.17) is 5.11 Å². The normalized spacial score (nSPS) is 10.3. The number of nitrogens with one attached hydrogen (secondary N) is 1. The molecule has 1 rings (SSSR count). The number of carbonyl (C=O) groups excluding carboxylic acids is 1. The van der Waals surface area contributed by atoms with Crippen molar-refractivity contribution >= 4 is 11.6 Å². The molecule has 0 aromatic heterocycles. The van der Waals surface area contributed by atoms with Crippen LogP contribution in [-0.2, 0) is 0 Å². The molecule has 0 saturated carbocycles. The summed E-state index contributed by atoms with van der Waals surface area (Å²) in [5, 5.41) is 21.3. The van der Waals surface area contributed by atoms with Gasteiger partial charge >= 0.3 is 5.69 Å². The van der Waals surface area contributed by atoms with Crippen LogP contribution in [0, 0.1) is 21.7 Å².